The van der Waals surface area contributed by atoms with Crippen molar-refractivity contribution in [3.8, 4) is 5.69 Å². The Labute approximate surface area is 211 Å². The minimum atomic E-state index is -0.271. The SMILES string of the molecule is Cc1cccc(C(=O)Nc2c(C(=O)N3CCC(Cc4ccccc4)CC3)cnn2-c2ccccc2)c1. The van der Waals surface area contributed by atoms with Gasteiger partial charge in [-0.05, 0) is 61.9 Å². The molecule has 0 saturated carbocycles. The molecule has 2 heterocycles. The molecule has 1 fully saturated rings. The number of nitrogens with zero attached hydrogens (tertiary/aromatic N) is 3. The van der Waals surface area contributed by atoms with Crippen LogP contribution in [-0.2, 0) is 6.42 Å². The molecule has 6 heteroatoms. The van der Waals surface area contributed by atoms with Crippen LogP contribution in [0.5, 0.6) is 0 Å². The zero-order valence-electron chi connectivity index (χ0n) is 20.4. The molecule has 1 aliphatic heterocycles. The minimum Gasteiger partial charge on any atom is -0.338 e. The molecule has 0 atom stereocenters. The van der Waals surface area contributed by atoms with Gasteiger partial charge in [0.1, 0.15) is 11.4 Å². The van der Waals surface area contributed by atoms with Crippen LogP contribution in [0.15, 0.2) is 91.1 Å². The molecule has 36 heavy (non-hydrogen) atoms. The molecule has 1 saturated heterocycles. The quantitative estimate of drug-likeness (QED) is 0.396. The molecule has 0 spiro atoms. The van der Waals surface area contributed by atoms with Gasteiger partial charge in [0.25, 0.3) is 11.8 Å². The molecule has 3 aromatic carbocycles. The van der Waals surface area contributed by atoms with E-state index in [2.05, 4.69) is 34.7 Å². The number of aryl methyl sites for hydroxylation is 1. The number of likely N-dealkylation sites (tertiary alicyclic amines) is 1. The topological polar surface area (TPSA) is 67.2 Å². The van der Waals surface area contributed by atoms with Crippen molar-refractivity contribution in [1.82, 2.24) is 14.7 Å². The van der Waals surface area contributed by atoms with Crippen molar-refractivity contribution in [2.75, 3.05) is 18.4 Å². The summed E-state index contributed by atoms with van der Waals surface area (Å²) in [5.74, 6) is 0.579. The van der Waals surface area contributed by atoms with E-state index in [-0.39, 0.29) is 11.8 Å². The van der Waals surface area contributed by atoms with Gasteiger partial charge in [0.2, 0.25) is 0 Å². The fourth-order valence-electron chi connectivity index (χ4n) is 4.81. The Hall–Kier alpha value is -4.19. The van der Waals surface area contributed by atoms with Crippen molar-refractivity contribution in [3.05, 3.63) is 113 Å². The fourth-order valence-corrected chi connectivity index (χ4v) is 4.81. The third-order valence-corrected chi connectivity index (χ3v) is 6.78. The lowest BCUT2D eigenvalue weighted by Crippen LogP contribution is -2.39. The summed E-state index contributed by atoms with van der Waals surface area (Å²) < 4.78 is 1.63. The van der Waals surface area contributed by atoms with Crippen molar-refractivity contribution in [2.24, 2.45) is 5.92 Å². The van der Waals surface area contributed by atoms with Gasteiger partial charge in [-0.25, -0.2) is 4.68 Å². The Balaban J connectivity index is 1.36. The van der Waals surface area contributed by atoms with E-state index in [4.69, 9.17) is 0 Å². The van der Waals surface area contributed by atoms with Crippen LogP contribution in [-0.4, -0.2) is 39.6 Å². The van der Waals surface area contributed by atoms with Crippen molar-refractivity contribution in [3.63, 3.8) is 0 Å². The predicted molar refractivity (Wildman–Crippen MR) is 141 cm³/mol. The standard InChI is InChI=1S/C30H30N4O2/c1-22-9-8-12-25(19-22)29(35)32-28-27(21-31-34(28)26-13-6-3-7-14-26)30(36)33-17-15-24(16-18-33)20-23-10-4-2-5-11-23/h2-14,19,21,24H,15-18,20H2,1H3,(H,32,35). The summed E-state index contributed by atoms with van der Waals surface area (Å²) in [4.78, 5) is 28.6. The Morgan fingerprint density at radius 2 is 1.61 bits per heavy atom. The molecule has 1 aromatic heterocycles. The van der Waals surface area contributed by atoms with Crippen molar-refractivity contribution < 1.29 is 9.59 Å². The third-order valence-electron chi connectivity index (χ3n) is 6.78. The minimum absolute atomic E-state index is 0.102. The molecular weight excluding hydrogens is 448 g/mol. The number of rotatable bonds is 6. The summed E-state index contributed by atoms with van der Waals surface area (Å²) in [5, 5.41) is 7.47. The van der Waals surface area contributed by atoms with Gasteiger partial charge in [0, 0.05) is 18.7 Å². The lowest BCUT2D eigenvalue weighted by Gasteiger charge is -2.32. The Morgan fingerprint density at radius 3 is 2.31 bits per heavy atom. The van der Waals surface area contributed by atoms with E-state index in [0.29, 0.717) is 36.0 Å². The first-order valence-corrected chi connectivity index (χ1v) is 12.4. The highest BCUT2D eigenvalue weighted by molar-refractivity contribution is 6.08. The van der Waals surface area contributed by atoms with Gasteiger partial charge >= 0.3 is 0 Å². The third kappa shape index (κ3) is 5.23. The second-order valence-electron chi connectivity index (χ2n) is 9.40. The molecular formula is C30H30N4O2. The average Bonchev–Trinajstić information content (AvgIpc) is 3.33. The van der Waals surface area contributed by atoms with Crippen LogP contribution in [0.3, 0.4) is 0 Å². The number of aromatic nitrogens is 2. The number of amides is 2. The number of hydrogen-bond acceptors (Lipinski definition) is 3. The van der Waals surface area contributed by atoms with Gasteiger partial charge in [0.15, 0.2) is 0 Å². The van der Waals surface area contributed by atoms with Crippen LogP contribution in [0.25, 0.3) is 5.69 Å². The maximum Gasteiger partial charge on any atom is 0.259 e. The predicted octanol–water partition coefficient (Wildman–Crippen LogP) is 5.53. The van der Waals surface area contributed by atoms with Gasteiger partial charge in [-0.2, -0.15) is 5.10 Å². The second kappa shape index (κ2) is 10.6. The lowest BCUT2D eigenvalue weighted by molar-refractivity contribution is 0.0691. The van der Waals surface area contributed by atoms with Gasteiger partial charge < -0.3 is 10.2 Å². The molecule has 2 amide bonds. The molecule has 0 aliphatic carbocycles. The van der Waals surface area contributed by atoms with Crippen LogP contribution in [0.4, 0.5) is 5.82 Å². The van der Waals surface area contributed by atoms with Gasteiger partial charge in [0.05, 0.1) is 11.9 Å². The van der Waals surface area contributed by atoms with E-state index in [1.807, 2.05) is 66.4 Å². The largest absolute Gasteiger partial charge is 0.338 e. The summed E-state index contributed by atoms with van der Waals surface area (Å²) in [7, 11) is 0. The molecule has 1 N–H and O–H groups in total. The number of hydrogen-bond donors (Lipinski definition) is 1. The Kier molecular flexibility index (Phi) is 6.94. The van der Waals surface area contributed by atoms with Crippen LogP contribution in [0.1, 0.15) is 44.7 Å². The zero-order valence-corrected chi connectivity index (χ0v) is 20.4. The highest BCUT2D eigenvalue weighted by Gasteiger charge is 2.28. The first-order chi connectivity index (χ1) is 17.6. The fraction of sp³-hybridized carbons (Fsp3) is 0.233. The highest BCUT2D eigenvalue weighted by atomic mass is 16.2. The van der Waals surface area contributed by atoms with E-state index in [9.17, 15) is 9.59 Å². The smallest absolute Gasteiger partial charge is 0.259 e. The lowest BCUT2D eigenvalue weighted by atomic mass is 9.90. The second-order valence-corrected chi connectivity index (χ2v) is 9.40. The summed E-state index contributed by atoms with van der Waals surface area (Å²) >= 11 is 0. The van der Waals surface area contributed by atoms with Crippen LogP contribution < -0.4 is 5.32 Å². The zero-order chi connectivity index (χ0) is 24.9. The number of para-hydroxylation sites is 1. The van der Waals surface area contributed by atoms with Crippen molar-refractivity contribution >= 4 is 17.6 Å². The first kappa shape index (κ1) is 23.5. The summed E-state index contributed by atoms with van der Waals surface area (Å²) in [5.41, 5.74) is 4.05. The number of benzene rings is 3. The Morgan fingerprint density at radius 1 is 0.917 bits per heavy atom. The summed E-state index contributed by atoms with van der Waals surface area (Å²) in [6, 6.07) is 27.4. The molecule has 6 nitrogen and oxygen atoms in total. The van der Waals surface area contributed by atoms with Crippen LogP contribution >= 0.6 is 0 Å². The van der Waals surface area contributed by atoms with E-state index in [0.717, 1.165) is 30.5 Å². The van der Waals surface area contributed by atoms with Gasteiger partial charge in [-0.3, -0.25) is 9.59 Å². The van der Waals surface area contributed by atoms with E-state index < -0.39 is 0 Å². The Bertz CT molecular complexity index is 1340. The number of piperidine rings is 1. The van der Waals surface area contributed by atoms with Gasteiger partial charge in [-0.15, -0.1) is 0 Å². The molecule has 5 rings (SSSR count). The van der Waals surface area contributed by atoms with E-state index in [1.54, 1.807) is 16.9 Å². The van der Waals surface area contributed by atoms with Crippen molar-refractivity contribution in [2.45, 2.75) is 26.2 Å². The van der Waals surface area contributed by atoms with Crippen molar-refractivity contribution in [1.29, 1.82) is 0 Å². The molecule has 4 aromatic rings. The highest BCUT2D eigenvalue weighted by Crippen LogP contribution is 2.27. The average molecular weight is 479 g/mol. The summed E-state index contributed by atoms with van der Waals surface area (Å²) in [6.07, 6.45) is 4.51. The molecule has 0 radical (unpaired) electrons. The molecule has 0 bridgehead atoms. The number of carbonyl (C=O) groups excluding carboxylic acids is 2. The van der Waals surface area contributed by atoms with E-state index in [1.165, 1.54) is 5.56 Å². The number of anilines is 1. The maximum atomic E-state index is 13.6. The summed E-state index contributed by atoms with van der Waals surface area (Å²) in [6.45, 7) is 3.33. The molecule has 0 unspecified atom stereocenters. The molecule has 182 valence electrons. The van der Waals surface area contributed by atoms with Crippen LogP contribution in [0.2, 0.25) is 0 Å². The molecule has 1 aliphatic rings. The number of nitrogens with one attached hydrogen (secondary N) is 1. The normalized spacial score (nSPS) is 14.0. The van der Waals surface area contributed by atoms with Gasteiger partial charge in [-0.1, -0.05) is 66.2 Å². The monoisotopic (exact) mass is 478 g/mol. The number of carbonyl (C=O) groups is 2. The van der Waals surface area contributed by atoms with Crippen LogP contribution in [0, 0.1) is 12.8 Å². The first-order valence-electron chi connectivity index (χ1n) is 12.4. The maximum absolute atomic E-state index is 13.6. The van der Waals surface area contributed by atoms with E-state index >= 15 is 0 Å².